The molecule has 0 bridgehead atoms. The Bertz CT molecular complexity index is 2150. The molecular weight excluding hydrogens is 747 g/mol. The summed E-state index contributed by atoms with van der Waals surface area (Å²) in [7, 11) is -0.497. The Labute approximate surface area is 314 Å². The van der Waals surface area contributed by atoms with Gasteiger partial charge >= 0.3 is 12.2 Å². The maximum absolute atomic E-state index is 15.1. The number of urea groups is 1. The summed E-state index contributed by atoms with van der Waals surface area (Å²) in [4.78, 5) is 45.4. The number of halogens is 4. The summed E-state index contributed by atoms with van der Waals surface area (Å²) in [6.45, 7) is 1.76. The highest BCUT2D eigenvalue weighted by atomic mass is 32.2. The molecule has 2 saturated heterocycles. The number of alkyl halides is 3. The molecule has 2 aromatic heterocycles. The van der Waals surface area contributed by atoms with Crippen molar-refractivity contribution in [3.8, 4) is 0 Å². The van der Waals surface area contributed by atoms with Crippen LogP contribution in [0.3, 0.4) is 0 Å². The first-order valence-corrected chi connectivity index (χ1v) is 19.1. The Morgan fingerprint density at radius 2 is 1.65 bits per heavy atom. The highest BCUT2D eigenvalue weighted by molar-refractivity contribution is 7.92. The summed E-state index contributed by atoms with van der Waals surface area (Å²) in [5.74, 6) is -1.45. The number of piperidine rings is 1. The molecule has 2 fully saturated rings. The average Bonchev–Trinajstić information content (AvgIpc) is 3.14. The van der Waals surface area contributed by atoms with Gasteiger partial charge in [0.15, 0.2) is 5.82 Å². The van der Waals surface area contributed by atoms with Gasteiger partial charge in [-0.15, -0.1) is 0 Å². The lowest BCUT2D eigenvalue weighted by molar-refractivity contribution is -0.137. The SMILES string of the molecule is CN(Cc1ccc(N2CCC(=O)NC2=O)cc1F)C1CCN(c2ccc(Nc3ncc(C(F)(F)F)c(NCc4nccnc4N(C)S(C)(=O)=O)n3)cc2)CC1. The van der Waals surface area contributed by atoms with Gasteiger partial charge in [-0.2, -0.15) is 18.2 Å². The van der Waals surface area contributed by atoms with Crippen molar-refractivity contribution >= 4 is 56.6 Å². The first kappa shape index (κ1) is 39.1. The van der Waals surface area contributed by atoms with E-state index in [1.165, 1.54) is 30.4 Å². The Morgan fingerprint density at radius 1 is 0.964 bits per heavy atom. The second kappa shape index (κ2) is 16.0. The van der Waals surface area contributed by atoms with Crippen LogP contribution in [0.5, 0.6) is 0 Å². The predicted octanol–water partition coefficient (Wildman–Crippen LogP) is 4.72. The third kappa shape index (κ3) is 9.37. The molecule has 0 saturated carbocycles. The van der Waals surface area contributed by atoms with E-state index in [2.05, 4.69) is 45.7 Å². The molecule has 4 heterocycles. The van der Waals surface area contributed by atoms with E-state index in [4.69, 9.17) is 0 Å². The van der Waals surface area contributed by atoms with Crippen molar-refractivity contribution in [2.75, 3.05) is 64.7 Å². The zero-order valence-corrected chi connectivity index (χ0v) is 31.0. The third-order valence-corrected chi connectivity index (χ3v) is 10.6. The fourth-order valence-electron chi connectivity index (χ4n) is 6.35. The summed E-state index contributed by atoms with van der Waals surface area (Å²) >= 11 is 0. The molecule has 2 aromatic carbocycles. The lowest BCUT2D eigenvalue weighted by Gasteiger charge is -2.38. The Kier molecular flexibility index (Phi) is 11.4. The second-order valence-electron chi connectivity index (χ2n) is 13.2. The Balaban J connectivity index is 1.05. The number of rotatable bonds is 12. The van der Waals surface area contributed by atoms with E-state index in [1.807, 2.05) is 19.2 Å². The zero-order valence-electron chi connectivity index (χ0n) is 30.1. The lowest BCUT2D eigenvalue weighted by atomic mass is 10.0. The number of hydrogen-bond donors (Lipinski definition) is 3. The molecule has 4 aromatic rings. The minimum Gasteiger partial charge on any atom is -0.371 e. The molecule has 20 heteroatoms. The van der Waals surface area contributed by atoms with E-state index in [1.54, 1.807) is 24.3 Å². The number of carbonyl (C=O) groups is 2. The summed E-state index contributed by atoms with van der Waals surface area (Å²) < 4.78 is 81.8. The van der Waals surface area contributed by atoms with Crippen molar-refractivity contribution in [2.24, 2.45) is 0 Å². The van der Waals surface area contributed by atoms with Crippen LogP contribution in [0.1, 0.15) is 36.1 Å². The van der Waals surface area contributed by atoms with Gasteiger partial charge in [0.1, 0.15) is 22.9 Å². The van der Waals surface area contributed by atoms with Crippen LogP contribution in [0.2, 0.25) is 0 Å². The summed E-state index contributed by atoms with van der Waals surface area (Å²) in [5.41, 5.74) is 1.36. The molecule has 0 atom stereocenters. The van der Waals surface area contributed by atoms with Gasteiger partial charge in [0.05, 0.1) is 12.8 Å². The minimum absolute atomic E-state index is 0.0421. The van der Waals surface area contributed by atoms with Gasteiger partial charge in [-0.05, 0) is 56.3 Å². The van der Waals surface area contributed by atoms with Crippen LogP contribution in [0, 0.1) is 5.82 Å². The number of imide groups is 1. The molecule has 292 valence electrons. The van der Waals surface area contributed by atoms with Gasteiger partial charge in [0, 0.05) is 86.9 Å². The predicted molar refractivity (Wildman–Crippen MR) is 198 cm³/mol. The topological polar surface area (TPSA) is 169 Å². The molecule has 6 rings (SSSR count). The van der Waals surface area contributed by atoms with Gasteiger partial charge in [-0.1, -0.05) is 6.07 Å². The number of nitrogens with one attached hydrogen (secondary N) is 3. The van der Waals surface area contributed by atoms with Crippen LogP contribution >= 0.6 is 0 Å². The molecule has 2 aliphatic heterocycles. The quantitative estimate of drug-likeness (QED) is 0.169. The van der Waals surface area contributed by atoms with Gasteiger partial charge in [-0.25, -0.2) is 27.6 Å². The van der Waals surface area contributed by atoms with Crippen LogP contribution in [-0.2, 0) is 34.1 Å². The highest BCUT2D eigenvalue weighted by Crippen LogP contribution is 2.35. The molecule has 2 aliphatic rings. The first-order valence-electron chi connectivity index (χ1n) is 17.2. The monoisotopic (exact) mass is 785 g/mol. The lowest BCUT2D eigenvalue weighted by Crippen LogP contribution is -2.49. The molecule has 0 radical (unpaired) electrons. The summed E-state index contributed by atoms with van der Waals surface area (Å²) in [5, 5.41) is 7.80. The van der Waals surface area contributed by atoms with Crippen molar-refractivity contribution in [3.05, 3.63) is 83.7 Å². The fraction of sp³-hybridized carbons (Fsp3) is 0.371. The van der Waals surface area contributed by atoms with Crippen LogP contribution in [-0.4, -0.2) is 91.2 Å². The standard InChI is InChI=1S/C35H39F4N11O4S/c1-47(21-22-4-7-26(18-28(22)36)50-17-12-30(51)45-34(50)52)24-10-15-49(16-11-24)25-8-5-23(6-9-25)44-33-43-19-27(35(37,38)39)31(46-33)42-20-29-32(41-14-13-40-29)48(2)55(3,53)54/h4-9,13-14,18-19,24H,10-12,15-17,20-21H2,1-3H3,(H,45,51,52)(H2,42,43,44,46). The molecule has 3 N–H and O–H groups in total. The summed E-state index contributed by atoms with van der Waals surface area (Å²) in [6.07, 6.45) is 1.24. The van der Waals surface area contributed by atoms with E-state index in [0.29, 0.717) is 29.7 Å². The van der Waals surface area contributed by atoms with E-state index < -0.39 is 39.4 Å². The van der Waals surface area contributed by atoms with Crippen molar-refractivity contribution in [1.82, 2.24) is 30.2 Å². The molecule has 0 unspecified atom stereocenters. The molecule has 0 aliphatic carbocycles. The maximum atomic E-state index is 15.1. The first-order chi connectivity index (χ1) is 26.1. The number of amides is 3. The van der Waals surface area contributed by atoms with E-state index in [9.17, 15) is 31.2 Å². The number of benzene rings is 2. The highest BCUT2D eigenvalue weighted by Gasteiger charge is 2.35. The Hall–Kier alpha value is -5.63. The number of sulfonamides is 1. The van der Waals surface area contributed by atoms with Crippen molar-refractivity contribution < 1.29 is 35.6 Å². The van der Waals surface area contributed by atoms with Crippen LogP contribution in [0.25, 0.3) is 0 Å². The van der Waals surface area contributed by atoms with E-state index in [-0.39, 0.29) is 48.9 Å². The van der Waals surface area contributed by atoms with Crippen molar-refractivity contribution in [1.29, 1.82) is 0 Å². The van der Waals surface area contributed by atoms with Crippen LogP contribution in [0.4, 0.5) is 57.0 Å². The number of hydrogen-bond acceptors (Lipinski definition) is 12. The summed E-state index contributed by atoms with van der Waals surface area (Å²) in [6, 6.07) is 11.6. The van der Waals surface area contributed by atoms with Crippen LogP contribution in [0.15, 0.2) is 61.1 Å². The van der Waals surface area contributed by atoms with Gasteiger partial charge in [-0.3, -0.25) is 29.2 Å². The Morgan fingerprint density at radius 3 is 2.31 bits per heavy atom. The third-order valence-electron chi connectivity index (χ3n) is 9.46. The smallest absolute Gasteiger partial charge is 0.371 e. The largest absolute Gasteiger partial charge is 0.421 e. The number of nitrogens with zero attached hydrogens (tertiary/aromatic N) is 8. The number of carbonyl (C=O) groups excluding carboxylic acids is 2. The number of anilines is 6. The maximum Gasteiger partial charge on any atom is 0.421 e. The number of aromatic nitrogens is 4. The molecule has 55 heavy (non-hydrogen) atoms. The molecular formula is C35H39F4N11O4S. The van der Waals surface area contributed by atoms with Crippen molar-refractivity contribution in [3.63, 3.8) is 0 Å². The van der Waals surface area contributed by atoms with E-state index in [0.717, 1.165) is 42.2 Å². The molecule has 0 spiro atoms. The normalized spacial score (nSPS) is 15.6. The van der Waals surface area contributed by atoms with Crippen LogP contribution < -0.4 is 30.1 Å². The average molecular weight is 786 g/mol. The molecule has 15 nitrogen and oxygen atoms in total. The minimum atomic E-state index is -4.78. The molecule has 3 amide bonds. The van der Waals surface area contributed by atoms with Gasteiger partial charge in [0.25, 0.3) is 0 Å². The van der Waals surface area contributed by atoms with Gasteiger partial charge in [0.2, 0.25) is 21.9 Å². The second-order valence-corrected chi connectivity index (χ2v) is 15.2. The zero-order chi connectivity index (χ0) is 39.5. The van der Waals surface area contributed by atoms with E-state index >= 15 is 4.39 Å². The fourth-order valence-corrected chi connectivity index (χ4v) is 6.81. The van der Waals surface area contributed by atoms with Crippen molar-refractivity contribution in [2.45, 2.75) is 44.6 Å². The van der Waals surface area contributed by atoms with Gasteiger partial charge < -0.3 is 15.5 Å².